The first-order valence-corrected chi connectivity index (χ1v) is 34.3. The molecule has 0 aromatic carbocycles. The van der Waals surface area contributed by atoms with E-state index in [0.717, 1.165) is 89.9 Å². The Hall–Kier alpha value is -2.89. The van der Waals surface area contributed by atoms with Gasteiger partial charge in [0.1, 0.15) is 13.2 Å². The number of hydrogen-bond acceptors (Lipinski definition) is 6. The van der Waals surface area contributed by atoms with Crippen LogP contribution in [0, 0.1) is 0 Å². The summed E-state index contributed by atoms with van der Waals surface area (Å²) in [7, 11) is 0. The van der Waals surface area contributed by atoms with Crippen LogP contribution in [-0.4, -0.2) is 37.2 Å². The van der Waals surface area contributed by atoms with Gasteiger partial charge in [0.05, 0.1) is 0 Å². The summed E-state index contributed by atoms with van der Waals surface area (Å²) in [4.78, 5) is 38.4. The van der Waals surface area contributed by atoms with E-state index in [2.05, 4.69) is 81.5 Å². The van der Waals surface area contributed by atoms with Gasteiger partial charge in [-0.2, -0.15) is 0 Å². The topological polar surface area (TPSA) is 78.9 Å². The molecule has 1 atom stereocenters. The average molecular weight is 1090 g/mol. The molecule has 0 aliphatic rings. The van der Waals surface area contributed by atoms with Crippen molar-refractivity contribution in [3.8, 4) is 0 Å². The third-order valence-electron chi connectivity index (χ3n) is 15.2. The molecular formula is C72H130O6. The molecule has 0 aliphatic carbocycles. The third kappa shape index (κ3) is 63.9. The molecule has 0 spiro atoms. The first-order valence-electron chi connectivity index (χ1n) is 34.3. The number of carbonyl (C=O) groups is 3. The van der Waals surface area contributed by atoms with Gasteiger partial charge in [0.15, 0.2) is 6.10 Å². The molecule has 6 nitrogen and oxygen atoms in total. The minimum Gasteiger partial charge on any atom is -0.462 e. The van der Waals surface area contributed by atoms with Crippen LogP contribution in [0.2, 0.25) is 0 Å². The van der Waals surface area contributed by atoms with Gasteiger partial charge >= 0.3 is 17.9 Å². The fraction of sp³-hybridized carbons (Fsp3) is 0.819. The molecule has 0 fully saturated rings. The maximum absolute atomic E-state index is 12.9. The van der Waals surface area contributed by atoms with Gasteiger partial charge in [0.2, 0.25) is 0 Å². The fourth-order valence-corrected chi connectivity index (χ4v) is 10.0. The normalized spacial score (nSPS) is 12.4. The molecular weight excluding hydrogens is 961 g/mol. The second-order valence-corrected chi connectivity index (χ2v) is 23.1. The van der Waals surface area contributed by atoms with Gasteiger partial charge < -0.3 is 14.2 Å². The summed E-state index contributed by atoms with van der Waals surface area (Å²) in [6.45, 7) is 6.63. The van der Waals surface area contributed by atoms with E-state index in [1.165, 1.54) is 231 Å². The lowest BCUT2D eigenvalue weighted by Gasteiger charge is -2.18. The van der Waals surface area contributed by atoms with E-state index < -0.39 is 6.10 Å². The minimum atomic E-state index is -0.785. The molecule has 6 heteroatoms. The van der Waals surface area contributed by atoms with Crippen molar-refractivity contribution in [2.75, 3.05) is 13.2 Å². The zero-order valence-corrected chi connectivity index (χ0v) is 52.2. The standard InChI is InChI=1S/C72H130O6/c1-4-7-10-13-16-19-22-25-28-31-32-33-34-35-36-37-38-39-40-42-44-47-50-53-56-59-62-65-71(74)77-68-69(67-76-70(73)64-61-58-55-52-49-46-43-30-27-24-21-18-15-12-9-6-3)78-72(75)66-63-60-57-54-51-48-45-41-29-26-23-20-17-14-11-8-5-2/h17,20-21,24,26,29-32,43,69H,4-16,18-19,22-23,25,27-28,33-42,44-68H2,1-3H3/b20-17-,24-21-,29-26-,32-31-,43-30-. The van der Waals surface area contributed by atoms with Crippen molar-refractivity contribution >= 4 is 17.9 Å². The Morgan fingerprint density at radius 3 is 0.756 bits per heavy atom. The summed E-state index contributed by atoms with van der Waals surface area (Å²) in [5.41, 5.74) is 0. The van der Waals surface area contributed by atoms with Gasteiger partial charge in [-0.05, 0) is 109 Å². The predicted molar refractivity (Wildman–Crippen MR) is 339 cm³/mol. The van der Waals surface area contributed by atoms with Crippen LogP contribution >= 0.6 is 0 Å². The summed E-state index contributed by atoms with van der Waals surface area (Å²) in [6.07, 6.45) is 85.2. The second kappa shape index (κ2) is 66.6. The molecule has 0 radical (unpaired) electrons. The zero-order chi connectivity index (χ0) is 56.4. The van der Waals surface area contributed by atoms with Crippen LogP contribution in [0.15, 0.2) is 60.8 Å². The van der Waals surface area contributed by atoms with Crippen molar-refractivity contribution in [3.05, 3.63) is 60.8 Å². The van der Waals surface area contributed by atoms with E-state index in [9.17, 15) is 14.4 Å². The molecule has 1 unspecified atom stereocenters. The minimum absolute atomic E-state index is 0.0795. The highest BCUT2D eigenvalue weighted by molar-refractivity contribution is 5.71. The van der Waals surface area contributed by atoms with Crippen LogP contribution in [-0.2, 0) is 28.6 Å². The molecule has 78 heavy (non-hydrogen) atoms. The fourth-order valence-electron chi connectivity index (χ4n) is 10.0. The van der Waals surface area contributed by atoms with Crippen LogP contribution in [0.25, 0.3) is 0 Å². The van der Waals surface area contributed by atoms with E-state index in [1.807, 2.05) is 0 Å². The summed E-state index contributed by atoms with van der Waals surface area (Å²) in [6, 6.07) is 0. The third-order valence-corrected chi connectivity index (χ3v) is 15.2. The Kier molecular flexibility index (Phi) is 64.2. The van der Waals surface area contributed by atoms with Crippen LogP contribution in [0.4, 0.5) is 0 Å². The molecule has 0 saturated heterocycles. The van der Waals surface area contributed by atoms with Crippen molar-refractivity contribution in [2.24, 2.45) is 0 Å². The molecule has 0 saturated carbocycles. The van der Waals surface area contributed by atoms with Crippen LogP contribution in [0.5, 0.6) is 0 Å². The van der Waals surface area contributed by atoms with Crippen molar-refractivity contribution in [1.82, 2.24) is 0 Å². The molecule has 0 bridgehead atoms. The Morgan fingerprint density at radius 1 is 0.256 bits per heavy atom. The highest BCUT2D eigenvalue weighted by atomic mass is 16.6. The number of allylic oxidation sites excluding steroid dienone is 10. The summed E-state index contributed by atoms with van der Waals surface area (Å²) in [5.74, 6) is -0.882. The molecule has 0 rings (SSSR count). The average Bonchev–Trinajstić information content (AvgIpc) is 3.44. The van der Waals surface area contributed by atoms with Crippen molar-refractivity contribution in [2.45, 2.75) is 367 Å². The molecule has 0 heterocycles. The maximum Gasteiger partial charge on any atom is 0.306 e. The Labute approximate surface area is 485 Å². The maximum atomic E-state index is 12.9. The summed E-state index contributed by atoms with van der Waals surface area (Å²) < 4.78 is 17.0. The van der Waals surface area contributed by atoms with Crippen LogP contribution in [0.1, 0.15) is 361 Å². The molecule has 0 aromatic rings. The largest absolute Gasteiger partial charge is 0.462 e. The lowest BCUT2D eigenvalue weighted by molar-refractivity contribution is -0.167. The highest BCUT2D eigenvalue weighted by Crippen LogP contribution is 2.17. The Balaban J connectivity index is 4.28. The van der Waals surface area contributed by atoms with Gasteiger partial charge in [-0.15, -0.1) is 0 Å². The lowest BCUT2D eigenvalue weighted by atomic mass is 10.0. The number of ether oxygens (including phenoxy) is 3. The van der Waals surface area contributed by atoms with E-state index in [0.29, 0.717) is 19.3 Å². The molecule has 0 N–H and O–H groups in total. The van der Waals surface area contributed by atoms with E-state index in [4.69, 9.17) is 14.2 Å². The van der Waals surface area contributed by atoms with Gasteiger partial charge in [0.25, 0.3) is 0 Å². The first-order chi connectivity index (χ1) is 38.5. The van der Waals surface area contributed by atoms with Gasteiger partial charge in [0, 0.05) is 19.3 Å². The molecule has 0 aliphatic heterocycles. The van der Waals surface area contributed by atoms with Crippen LogP contribution < -0.4 is 0 Å². The second-order valence-electron chi connectivity index (χ2n) is 23.1. The number of unbranched alkanes of at least 4 members (excludes halogenated alkanes) is 42. The van der Waals surface area contributed by atoms with Crippen LogP contribution in [0.3, 0.4) is 0 Å². The number of carbonyl (C=O) groups excluding carboxylic acids is 3. The number of rotatable bonds is 63. The summed E-state index contributed by atoms with van der Waals surface area (Å²) in [5, 5.41) is 0. The number of hydrogen-bond donors (Lipinski definition) is 0. The SMILES string of the molecule is CCCCC/C=C\C/C=C\CCCCCCCCCC(=O)OC(COC(=O)CCCCCCC/C=C\C/C=C\CCCCCC)COC(=O)CCCCCCCCCCCCCCCCC/C=C\CCCCCCCCCC. The zero-order valence-electron chi connectivity index (χ0n) is 52.2. The Morgan fingerprint density at radius 2 is 0.462 bits per heavy atom. The van der Waals surface area contributed by atoms with Gasteiger partial charge in [-0.1, -0.05) is 293 Å². The van der Waals surface area contributed by atoms with Gasteiger partial charge in [-0.25, -0.2) is 0 Å². The number of esters is 3. The Bertz CT molecular complexity index is 1390. The monoisotopic (exact) mass is 1090 g/mol. The van der Waals surface area contributed by atoms with E-state index in [-0.39, 0.29) is 31.1 Å². The van der Waals surface area contributed by atoms with E-state index >= 15 is 0 Å². The van der Waals surface area contributed by atoms with E-state index in [1.54, 1.807) is 0 Å². The summed E-state index contributed by atoms with van der Waals surface area (Å²) >= 11 is 0. The highest BCUT2D eigenvalue weighted by Gasteiger charge is 2.19. The predicted octanol–water partition coefficient (Wildman–Crippen LogP) is 23.5. The smallest absolute Gasteiger partial charge is 0.306 e. The molecule has 454 valence electrons. The van der Waals surface area contributed by atoms with Crippen molar-refractivity contribution in [1.29, 1.82) is 0 Å². The molecule has 0 amide bonds. The first kappa shape index (κ1) is 75.1. The van der Waals surface area contributed by atoms with Crippen molar-refractivity contribution in [3.63, 3.8) is 0 Å². The van der Waals surface area contributed by atoms with Crippen molar-refractivity contribution < 1.29 is 28.6 Å². The quantitative estimate of drug-likeness (QED) is 0.0261. The van der Waals surface area contributed by atoms with Gasteiger partial charge in [-0.3, -0.25) is 14.4 Å². The lowest BCUT2D eigenvalue weighted by Crippen LogP contribution is -2.30. The molecule has 0 aromatic heterocycles.